The lowest BCUT2D eigenvalue weighted by Gasteiger charge is -2.07. The molecule has 0 aliphatic rings. The van der Waals surface area contributed by atoms with E-state index in [4.69, 9.17) is 14.0 Å². The van der Waals surface area contributed by atoms with Crippen LogP contribution in [0.3, 0.4) is 0 Å². The van der Waals surface area contributed by atoms with Crippen LogP contribution in [-0.4, -0.2) is 23.2 Å². The quantitative estimate of drug-likeness (QED) is 0.465. The second-order valence-corrected chi connectivity index (χ2v) is 7.84. The van der Waals surface area contributed by atoms with Gasteiger partial charge in [-0.15, -0.1) is 0 Å². The van der Waals surface area contributed by atoms with Crippen molar-refractivity contribution in [1.29, 1.82) is 0 Å². The number of hydrogen-bond acceptors (Lipinski definition) is 7. The predicted octanol–water partition coefficient (Wildman–Crippen LogP) is 4.67. The first-order valence-electron chi connectivity index (χ1n) is 9.40. The molecule has 154 valence electrons. The summed E-state index contributed by atoms with van der Waals surface area (Å²) >= 11 is 1.43. The molecule has 0 radical (unpaired) electrons. The molecule has 2 aromatic heterocycles. The Bertz CT molecular complexity index is 1160. The molecule has 0 saturated carbocycles. The molecule has 30 heavy (non-hydrogen) atoms. The Kier molecular flexibility index (Phi) is 5.67. The van der Waals surface area contributed by atoms with Gasteiger partial charge in [-0.3, -0.25) is 4.79 Å². The van der Waals surface area contributed by atoms with E-state index in [0.717, 1.165) is 44.3 Å². The maximum absolute atomic E-state index is 12.4. The van der Waals surface area contributed by atoms with Crippen LogP contribution in [0.15, 0.2) is 47.0 Å². The largest absolute Gasteiger partial charge is 0.497 e. The van der Waals surface area contributed by atoms with Crippen molar-refractivity contribution in [2.75, 3.05) is 12.4 Å². The van der Waals surface area contributed by atoms with E-state index in [1.54, 1.807) is 7.11 Å². The molecular weight excluding hydrogens is 402 g/mol. The van der Waals surface area contributed by atoms with E-state index in [-0.39, 0.29) is 12.3 Å². The Morgan fingerprint density at radius 2 is 1.90 bits per heavy atom. The fourth-order valence-corrected chi connectivity index (χ4v) is 3.87. The Morgan fingerprint density at radius 3 is 2.60 bits per heavy atom. The molecule has 7 nitrogen and oxygen atoms in total. The zero-order chi connectivity index (χ0) is 21.1. The number of aromatic nitrogens is 2. The molecule has 4 aromatic rings. The minimum absolute atomic E-state index is 0.120. The van der Waals surface area contributed by atoms with Crippen molar-refractivity contribution in [3.8, 4) is 11.5 Å². The number of aryl methyl sites for hydroxylation is 2. The zero-order valence-electron chi connectivity index (χ0n) is 16.9. The van der Waals surface area contributed by atoms with Gasteiger partial charge in [0.15, 0.2) is 5.13 Å². The Balaban J connectivity index is 1.34. The monoisotopic (exact) mass is 423 g/mol. The van der Waals surface area contributed by atoms with E-state index < -0.39 is 0 Å². The number of carbonyl (C=O) groups is 1. The van der Waals surface area contributed by atoms with Crippen molar-refractivity contribution in [3.63, 3.8) is 0 Å². The number of carbonyl (C=O) groups excluding carboxylic acids is 1. The number of amides is 1. The van der Waals surface area contributed by atoms with Gasteiger partial charge in [-0.1, -0.05) is 28.6 Å². The molecule has 8 heteroatoms. The summed E-state index contributed by atoms with van der Waals surface area (Å²) in [6.07, 6.45) is 0.253. The van der Waals surface area contributed by atoms with Crippen molar-refractivity contribution >= 4 is 32.6 Å². The van der Waals surface area contributed by atoms with Gasteiger partial charge in [0.05, 0.1) is 35.0 Å². The molecule has 0 spiro atoms. The summed E-state index contributed by atoms with van der Waals surface area (Å²) in [5.41, 5.74) is 3.47. The first-order chi connectivity index (χ1) is 14.5. The van der Waals surface area contributed by atoms with E-state index in [0.29, 0.717) is 11.7 Å². The van der Waals surface area contributed by atoms with E-state index in [9.17, 15) is 4.79 Å². The third-order valence-corrected chi connectivity index (χ3v) is 5.65. The fourth-order valence-electron chi connectivity index (χ4n) is 3.00. The van der Waals surface area contributed by atoms with Crippen molar-refractivity contribution in [2.45, 2.75) is 26.9 Å². The molecule has 2 aromatic carbocycles. The first-order valence-corrected chi connectivity index (χ1v) is 10.2. The van der Waals surface area contributed by atoms with Gasteiger partial charge in [-0.25, -0.2) is 4.98 Å². The Hall–Kier alpha value is -3.39. The van der Waals surface area contributed by atoms with Gasteiger partial charge in [-0.05, 0) is 43.7 Å². The molecule has 4 rings (SSSR count). The van der Waals surface area contributed by atoms with Gasteiger partial charge in [0.2, 0.25) is 5.91 Å². The first kappa shape index (κ1) is 19.9. The molecule has 1 N–H and O–H groups in total. The highest BCUT2D eigenvalue weighted by atomic mass is 32.1. The number of methoxy groups -OCH3 is 1. The molecule has 0 atom stereocenters. The van der Waals surface area contributed by atoms with Crippen LogP contribution in [0.1, 0.15) is 22.6 Å². The van der Waals surface area contributed by atoms with Gasteiger partial charge in [-0.2, -0.15) is 0 Å². The lowest BCUT2D eigenvalue weighted by Crippen LogP contribution is -2.14. The molecule has 0 aliphatic heterocycles. The van der Waals surface area contributed by atoms with E-state index in [2.05, 4.69) is 15.5 Å². The summed E-state index contributed by atoms with van der Waals surface area (Å²) in [6, 6.07) is 13.1. The van der Waals surface area contributed by atoms with Gasteiger partial charge in [0.25, 0.3) is 0 Å². The maximum Gasteiger partial charge on any atom is 0.230 e. The smallest absolute Gasteiger partial charge is 0.230 e. The Morgan fingerprint density at radius 1 is 1.13 bits per heavy atom. The van der Waals surface area contributed by atoms with Crippen molar-refractivity contribution in [3.05, 3.63) is 65.0 Å². The van der Waals surface area contributed by atoms with Crippen LogP contribution in [0.4, 0.5) is 5.13 Å². The van der Waals surface area contributed by atoms with E-state index in [1.165, 1.54) is 11.3 Å². The number of rotatable bonds is 7. The maximum atomic E-state index is 12.4. The average Bonchev–Trinajstić information content (AvgIpc) is 3.28. The number of fused-ring (bicyclic) bond motifs is 1. The number of thiazole rings is 1. The molecular formula is C22H21N3O4S. The van der Waals surface area contributed by atoms with Crippen molar-refractivity contribution < 1.29 is 18.8 Å². The highest BCUT2D eigenvalue weighted by Gasteiger charge is 2.11. The van der Waals surface area contributed by atoms with Gasteiger partial charge < -0.3 is 19.3 Å². The standard InChI is InChI=1S/C22H21N3O4S/c1-13-18(14(2)29-25-13)12-28-16-6-4-15(5-7-16)10-21(26)24-22-23-19-11-17(27-3)8-9-20(19)30-22/h4-9,11H,10,12H2,1-3H3,(H,23,24,26). The molecule has 0 aliphatic carbocycles. The molecule has 0 saturated heterocycles. The molecule has 0 unspecified atom stereocenters. The normalized spacial score (nSPS) is 10.9. The van der Waals surface area contributed by atoms with Crippen molar-refractivity contribution in [2.24, 2.45) is 0 Å². The summed E-state index contributed by atoms with van der Waals surface area (Å²) in [5, 5.41) is 7.36. The van der Waals surface area contributed by atoms with E-state index in [1.807, 2.05) is 56.3 Å². The minimum Gasteiger partial charge on any atom is -0.497 e. The number of ether oxygens (including phenoxy) is 2. The van der Waals surface area contributed by atoms with Crippen LogP contribution in [-0.2, 0) is 17.8 Å². The lowest BCUT2D eigenvalue weighted by molar-refractivity contribution is -0.115. The summed E-state index contributed by atoms with van der Waals surface area (Å²) in [7, 11) is 1.61. The van der Waals surface area contributed by atoms with Crippen LogP contribution in [0.25, 0.3) is 10.2 Å². The summed E-state index contributed by atoms with van der Waals surface area (Å²) < 4.78 is 17.1. The summed E-state index contributed by atoms with van der Waals surface area (Å²) in [5.74, 6) is 2.10. The number of hydrogen-bond donors (Lipinski definition) is 1. The topological polar surface area (TPSA) is 86.5 Å². The number of nitrogens with zero attached hydrogens (tertiary/aromatic N) is 2. The van der Waals surface area contributed by atoms with Crippen LogP contribution in [0, 0.1) is 13.8 Å². The molecule has 0 bridgehead atoms. The van der Waals surface area contributed by atoms with Crippen molar-refractivity contribution in [1.82, 2.24) is 10.1 Å². The summed E-state index contributed by atoms with van der Waals surface area (Å²) in [4.78, 5) is 16.9. The lowest BCUT2D eigenvalue weighted by atomic mass is 10.1. The highest BCUT2D eigenvalue weighted by Crippen LogP contribution is 2.29. The number of benzene rings is 2. The molecule has 2 heterocycles. The second-order valence-electron chi connectivity index (χ2n) is 6.81. The van der Waals surface area contributed by atoms with Gasteiger partial charge in [0, 0.05) is 6.07 Å². The molecule has 1 amide bonds. The number of nitrogens with one attached hydrogen (secondary N) is 1. The zero-order valence-corrected chi connectivity index (χ0v) is 17.7. The predicted molar refractivity (Wildman–Crippen MR) is 115 cm³/mol. The van der Waals surface area contributed by atoms with E-state index >= 15 is 0 Å². The van der Waals surface area contributed by atoms with Crippen LogP contribution < -0.4 is 14.8 Å². The Labute approximate surface area is 177 Å². The fraction of sp³-hybridized carbons (Fsp3) is 0.227. The second kappa shape index (κ2) is 8.54. The minimum atomic E-state index is -0.120. The van der Waals surface area contributed by atoms with Gasteiger partial charge >= 0.3 is 0 Å². The van der Waals surface area contributed by atoms with Crippen LogP contribution >= 0.6 is 11.3 Å². The van der Waals surface area contributed by atoms with Crippen LogP contribution in [0.5, 0.6) is 11.5 Å². The SMILES string of the molecule is COc1ccc2sc(NC(=O)Cc3ccc(OCc4c(C)noc4C)cc3)nc2c1. The van der Waals surface area contributed by atoms with Crippen LogP contribution in [0.2, 0.25) is 0 Å². The third kappa shape index (κ3) is 4.44. The number of anilines is 1. The van der Waals surface area contributed by atoms with Gasteiger partial charge in [0.1, 0.15) is 23.9 Å². The summed E-state index contributed by atoms with van der Waals surface area (Å²) in [6.45, 7) is 4.14. The average molecular weight is 423 g/mol. The highest BCUT2D eigenvalue weighted by molar-refractivity contribution is 7.22. The third-order valence-electron chi connectivity index (χ3n) is 4.69. The molecule has 0 fully saturated rings.